The molecule has 0 atom stereocenters. The molecule has 1 aromatic carbocycles. The number of rotatable bonds is 2. The van der Waals surface area contributed by atoms with Crippen molar-refractivity contribution in [3.05, 3.63) is 58.5 Å². The smallest absolute Gasteiger partial charge is 0.278 e. The van der Waals surface area contributed by atoms with Gasteiger partial charge in [0.1, 0.15) is 0 Å². The number of hydrogen-bond acceptors (Lipinski definition) is 2. The number of nitrogens with zero attached hydrogens (tertiary/aromatic N) is 1. The van der Waals surface area contributed by atoms with Crippen LogP contribution in [-0.4, -0.2) is 4.57 Å². The Morgan fingerprint density at radius 2 is 1.71 bits per heavy atom. The monoisotopic (exact) mass is 228 g/mol. The van der Waals surface area contributed by atoms with E-state index in [2.05, 4.69) is 13.8 Å². The Morgan fingerprint density at radius 3 is 2.29 bits per heavy atom. The number of hydrogen-bond donors (Lipinski definition) is 1. The van der Waals surface area contributed by atoms with Crippen molar-refractivity contribution >= 4 is 5.69 Å². The molecule has 0 amide bonds. The summed E-state index contributed by atoms with van der Waals surface area (Å²) in [5, 5.41) is 0. The first-order valence-corrected chi connectivity index (χ1v) is 5.68. The van der Waals surface area contributed by atoms with Crippen molar-refractivity contribution in [3.8, 4) is 5.69 Å². The fourth-order valence-corrected chi connectivity index (χ4v) is 1.86. The first-order valence-electron chi connectivity index (χ1n) is 5.68. The van der Waals surface area contributed by atoms with Crippen LogP contribution in [0.5, 0.6) is 0 Å². The van der Waals surface area contributed by atoms with Crippen LogP contribution in [-0.2, 0) is 0 Å². The van der Waals surface area contributed by atoms with Crippen LogP contribution < -0.4 is 11.3 Å². The molecule has 1 heterocycles. The summed E-state index contributed by atoms with van der Waals surface area (Å²) in [6, 6.07) is 13.2. The normalized spacial score (nSPS) is 10.8. The standard InChI is InChI=1S/C14H16N2O/c1-10(2)13-9-8-12(15)14(17)16(13)11-6-4-3-5-7-11/h3-10H,15H2,1-2H3. The molecule has 3 heteroatoms. The van der Waals surface area contributed by atoms with Crippen LogP contribution in [0.4, 0.5) is 5.69 Å². The largest absolute Gasteiger partial charge is 0.394 e. The Bertz CT molecular complexity index is 571. The fourth-order valence-electron chi connectivity index (χ4n) is 1.86. The van der Waals surface area contributed by atoms with Crippen molar-refractivity contribution in [1.82, 2.24) is 4.57 Å². The maximum absolute atomic E-state index is 12.1. The highest BCUT2D eigenvalue weighted by Gasteiger charge is 2.11. The molecule has 0 aliphatic heterocycles. The maximum atomic E-state index is 12.1. The molecule has 0 aliphatic rings. The van der Waals surface area contributed by atoms with Crippen LogP contribution in [0.1, 0.15) is 25.5 Å². The molecule has 2 N–H and O–H groups in total. The topological polar surface area (TPSA) is 48.0 Å². The summed E-state index contributed by atoms with van der Waals surface area (Å²) in [5.74, 6) is 0.267. The lowest BCUT2D eigenvalue weighted by molar-refractivity contribution is 0.761. The Hall–Kier alpha value is -2.03. The third kappa shape index (κ3) is 2.09. The number of para-hydroxylation sites is 1. The van der Waals surface area contributed by atoms with Crippen molar-refractivity contribution in [2.24, 2.45) is 0 Å². The van der Waals surface area contributed by atoms with Crippen molar-refractivity contribution < 1.29 is 0 Å². The predicted octanol–water partition coefficient (Wildman–Crippen LogP) is 2.54. The van der Waals surface area contributed by atoms with Gasteiger partial charge in [-0.25, -0.2) is 0 Å². The molecule has 0 spiro atoms. The van der Waals surface area contributed by atoms with E-state index in [4.69, 9.17) is 5.73 Å². The number of anilines is 1. The van der Waals surface area contributed by atoms with Crippen molar-refractivity contribution in [2.45, 2.75) is 19.8 Å². The molecule has 0 bridgehead atoms. The second kappa shape index (κ2) is 4.45. The van der Waals surface area contributed by atoms with Gasteiger partial charge in [0.25, 0.3) is 5.56 Å². The lowest BCUT2D eigenvalue weighted by Crippen LogP contribution is -2.24. The molecule has 0 aliphatic carbocycles. The summed E-state index contributed by atoms with van der Waals surface area (Å²) in [4.78, 5) is 12.1. The molecular formula is C14H16N2O. The minimum atomic E-state index is -0.151. The number of nitrogens with two attached hydrogens (primary N) is 1. The Kier molecular flexibility index (Phi) is 3.00. The highest BCUT2D eigenvalue weighted by Crippen LogP contribution is 2.17. The molecule has 17 heavy (non-hydrogen) atoms. The molecule has 2 rings (SSSR count). The third-order valence-corrected chi connectivity index (χ3v) is 2.75. The molecule has 0 saturated carbocycles. The van der Waals surface area contributed by atoms with Gasteiger partial charge in [-0.2, -0.15) is 0 Å². The van der Waals surface area contributed by atoms with Crippen LogP contribution in [0.15, 0.2) is 47.3 Å². The zero-order valence-electron chi connectivity index (χ0n) is 10.1. The van der Waals surface area contributed by atoms with E-state index in [1.807, 2.05) is 36.4 Å². The van der Waals surface area contributed by atoms with Crippen LogP contribution in [0, 0.1) is 0 Å². The highest BCUT2D eigenvalue weighted by molar-refractivity contribution is 5.43. The van der Waals surface area contributed by atoms with E-state index in [-0.39, 0.29) is 17.2 Å². The summed E-state index contributed by atoms with van der Waals surface area (Å²) in [7, 11) is 0. The third-order valence-electron chi connectivity index (χ3n) is 2.75. The van der Waals surface area contributed by atoms with E-state index < -0.39 is 0 Å². The van der Waals surface area contributed by atoms with Crippen molar-refractivity contribution in [3.63, 3.8) is 0 Å². The van der Waals surface area contributed by atoms with E-state index in [1.54, 1.807) is 10.6 Å². The van der Waals surface area contributed by atoms with Gasteiger partial charge in [0.05, 0.1) is 5.69 Å². The Morgan fingerprint density at radius 1 is 1.06 bits per heavy atom. The minimum Gasteiger partial charge on any atom is -0.394 e. The Labute approximate surface area is 101 Å². The van der Waals surface area contributed by atoms with Crippen molar-refractivity contribution in [1.29, 1.82) is 0 Å². The van der Waals surface area contributed by atoms with Crippen molar-refractivity contribution in [2.75, 3.05) is 5.73 Å². The van der Waals surface area contributed by atoms with Crippen LogP contribution in [0.2, 0.25) is 0 Å². The van der Waals surface area contributed by atoms with Gasteiger partial charge >= 0.3 is 0 Å². The fraction of sp³-hybridized carbons (Fsp3) is 0.214. The van der Waals surface area contributed by atoms with Gasteiger partial charge in [0, 0.05) is 11.4 Å². The molecule has 0 fully saturated rings. The molecule has 1 aromatic heterocycles. The zero-order chi connectivity index (χ0) is 12.4. The average molecular weight is 228 g/mol. The number of aromatic nitrogens is 1. The summed E-state index contributed by atoms with van der Waals surface area (Å²) >= 11 is 0. The number of nitrogen functional groups attached to an aromatic ring is 1. The van der Waals surface area contributed by atoms with E-state index in [9.17, 15) is 4.79 Å². The zero-order valence-corrected chi connectivity index (χ0v) is 10.1. The van der Waals surface area contributed by atoms with Crippen LogP contribution >= 0.6 is 0 Å². The maximum Gasteiger partial charge on any atom is 0.278 e. The minimum absolute atomic E-state index is 0.151. The molecule has 88 valence electrons. The van der Waals surface area contributed by atoms with E-state index >= 15 is 0 Å². The van der Waals surface area contributed by atoms with E-state index in [1.165, 1.54) is 0 Å². The lowest BCUT2D eigenvalue weighted by atomic mass is 10.1. The predicted molar refractivity (Wildman–Crippen MR) is 70.5 cm³/mol. The summed E-state index contributed by atoms with van der Waals surface area (Å²) in [5.41, 5.74) is 7.64. The van der Waals surface area contributed by atoms with Gasteiger partial charge in [-0.1, -0.05) is 32.0 Å². The summed E-state index contributed by atoms with van der Waals surface area (Å²) in [6.07, 6.45) is 0. The van der Waals surface area contributed by atoms with E-state index in [0.29, 0.717) is 0 Å². The molecule has 2 aromatic rings. The molecule has 0 unspecified atom stereocenters. The summed E-state index contributed by atoms with van der Waals surface area (Å²) < 4.78 is 1.68. The van der Waals surface area contributed by atoms with Gasteiger partial charge < -0.3 is 5.73 Å². The van der Waals surface area contributed by atoms with Gasteiger partial charge in [0.2, 0.25) is 0 Å². The quantitative estimate of drug-likeness (QED) is 0.858. The van der Waals surface area contributed by atoms with E-state index in [0.717, 1.165) is 11.4 Å². The molecule has 0 radical (unpaired) electrons. The second-order valence-corrected chi connectivity index (χ2v) is 4.34. The van der Waals surface area contributed by atoms with Crippen LogP contribution in [0.25, 0.3) is 5.69 Å². The lowest BCUT2D eigenvalue weighted by Gasteiger charge is -2.16. The molecule has 0 saturated heterocycles. The molecular weight excluding hydrogens is 212 g/mol. The number of benzene rings is 1. The van der Waals surface area contributed by atoms with Gasteiger partial charge in [-0.05, 0) is 30.2 Å². The average Bonchev–Trinajstić information content (AvgIpc) is 2.33. The van der Waals surface area contributed by atoms with Gasteiger partial charge in [-0.15, -0.1) is 0 Å². The Balaban J connectivity index is 2.75. The SMILES string of the molecule is CC(C)c1ccc(N)c(=O)n1-c1ccccc1. The molecule has 3 nitrogen and oxygen atoms in total. The van der Waals surface area contributed by atoms with Crippen LogP contribution in [0.3, 0.4) is 0 Å². The number of pyridine rings is 1. The second-order valence-electron chi connectivity index (χ2n) is 4.34. The van der Waals surface area contributed by atoms with Gasteiger partial charge in [-0.3, -0.25) is 9.36 Å². The first kappa shape index (κ1) is 11.5. The summed E-state index contributed by atoms with van der Waals surface area (Å²) in [6.45, 7) is 4.12. The first-order chi connectivity index (χ1) is 8.11. The highest BCUT2D eigenvalue weighted by atomic mass is 16.1. The van der Waals surface area contributed by atoms with Gasteiger partial charge in [0.15, 0.2) is 0 Å².